The van der Waals surface area contributed by atoms with E-state index in [2.05, 4.69) is 11.8 Å². The number of phenols is 1. The van der Waals surface area contributed by atoms with Crippen LogP contribution < -0.4 is 0 Å². The molecule has 0 aliphatic heterocycles. The molecule has 0 bridgehead atoms. The van der Waals surface area contributed by atoms with E-state index >= 15 is 0 Å². The molecule has 0 aliphatic carbocycles. The first-order valence-electron chi connectivity index (χ1n) is 3.92. The van der Waals surface area contributed by atoms with Crippen LogP contribution in [0.5, 0.6) is 5.75 Å². The largest absolute Gasteiger partial charge is 0.507 e. The molecular formula is C11H10O2. The third-order valence-electron chi connectivity index (χ3n) is 1.64. The topological polar surface area (TPSA) is 37.3 Å². The number of carbonyl (C=O) groups excluding carboxylic acids is 1. The van der Waals surface area contributed by atoms with E-state index in [0.717, 1.165) is 5.56 Å². The summed E-state index contributed by atoms with van der Waals surface area (Å²) in [5.74, 6) is 4.52. The molecule has 1 aromatic rings. The van der Waals surface area contributed by atoms with Crippen LogP contribution in [-0.2, 0) is 0 Å². The normalized spacial score (nSPS) is 8.77. The van der Waals surface area contributed by atoms with E-state index in [1.165, 1.54) is 6.07 Å². The number of hydrogen-bond acceptors (Lipinski definition) is 2. The Morgan fingerprint density at radius 2 is 2.15 bits per heavy atom. The number of benzene rings is 1. The van der Waals surface area contributed by atoms with Crippen molar-refractivity contribution in [2.45, 2.75) is 13.8 Å². The van der Waals surface area contributed by atoms with Crippen LogP contribution in [0.2, 0.25) is 0 Å². The Bertz CT molecular complexity index is 394. The summed E-state index contributed by atoms with van der Waals surface area (Å²) >= 11 is 0. The highest BCUT2D eigenvalue weighted by atomic mass is 16.3. The second kappa shape index (κ2) is 3.77. The molecule has 66 valence electrons. The molecule has 0 radical (unpaired) electrons. The van der Waals surface area contributed by atoms with E-state index in [-0.39, 0.29) is 17.1 Å². The molecule has 0 saturated heterocycles. The molecule has 1 aromatic carbocycles. The van der Waals surface area contributed by atoms with Gasteiger partial charge in [-0.3, -0.25) is 4.79 Å². The Kier molecular flexibility index (Phi) is 2.71. The van der Waals surface area contributed by atoms with Gasteiger partial charge >= 0.3 is 0 Å². The smallest absolute Gasteiger partial charge is 0.239 e. The number of rotatable bonds is 1. The fourth-order valence-corrected chi connectivity index (χ4v) is 1.01. The number of Topliss-reactive ketones (excluding diaryl/α,β-unsaturated/α-hetero) is 1. The number of aryl methyl sites for hydroxylation is 1. The van der Waals surface area contributed by atoms with Gasteiger partial charge in [0.2, 0.25) is 5.78 Å². The molecule has 2 nitrogen and oxygen atoms in total. The number of ketones is 1. The van der Waals surface area contributed by atoms with Crippen molar-refractivity contribution in [1.82, 2.24) is 0 Å². The molecule has 0 aromatic heterocycles. The number of carbonyl (C=O) groups is 1. The summed E-state index contributed by atoms with van der Waals surface area (Å²) in [7, 11) is 0. The van der Waals surface area contributed by atoms with Crippen LogP contribution >= 0.6 is 0 Å². The third kappa shape index (κ3) is 2.09. The Morgan fingerprint density at radius 1 is 1.46 bits per heavy atom. The summed E-state index contributed by atoms with van der Waals surface area (Å²) < 4.78 is 0. The zero-order chi connectivity index (χ0) is 9.84. The van der Waals surface area contributed by atoms with Gasteiger partial charge in [0.25, 0.3) is 0 Å². The van der Waals surface area contributed by atoms with Crippen molar-refractivity contribution < 1.29 is 9.90 Å². The maximum atomic E-state index is 11.3. The molecular weight excluding hydrogens is 164 g/mol. The summed E-state index contributed by atoms with van der Waals surface area (Å²) in [6.07, 6.45) is 0. The van der Waals surface area contributed by atoms with Crippen molar-refractivity contribution in [3.05, 3.63) is 29.3 Å². The third-order valence-corrected chi connectivity index (χ3v) is 1.64. The van der Waals surface area contributed by atoms with E-state index in [9.17, 15) is 9.90 Å². The zero-order valence-electron chi connectivity index (χ0n) is 7.59. The van der Waals surface area contributed by atoms with Gasteiger partial charge in [0.1, 0.15) is 5.75 Å². The molecule has 13 heavy (non-hydrogen) atoms. The molecule has 0 saturated carbocycles. The molecule has 1 rings (SSSR count). The highest BCUT2D eigenvalue weighted by Crippen LogP contribution is 2.18. The summed E-state index contributed by atoms with van der Waals surface area (Å²) in [5.41, 5.74) is 1.20. The van der Waals surface area contributed by atoms with Gasteiger partial charge in [0.15, 0.2) is 0 Å². The van der Waals surface area contributed by atoms with E-state index < -0.39 is 0 Å². The number of aromatic hydroxyl groups is 1. The van der Waals surface area contributed by atoms with E-state index in [1.54, 1.807) is 19.1 Å². The molecule has 0 fully saturated rings. The minimum atomic E-state index is -0.344. The monoisotopic (exact) mass is 174 g/mol. The number of phenolic OH excluding ortho intramolecular Hbond substituents is 1. The summed E-state index contributed by atoms with van der Waals surface area (Å²) in [6, 6.07) is 4.87. The lowest BCUT2D eigenvalue weighted by Crippen LogP contribution is -1.95. The minimum Gasteiger partial charge on any atom is -0.507 e. The van der Waals surface area contributed by atoms with Gasteiger partial charge in [0, 0.05) is 0 Å². The minimum absolute atomic E-state index is 0.0154. The van der Waals surface area contributed by atoms with Crippen molar-refractivity contribution in [1.29, 1.82) is 0 Å². The van der Waals surface area contributed by atoms with Crippen molar-refractivity contribution in [2.75, 3.05) is 0 Å². The average Bonchev–Trinajstić information content (AvgIpc) is 2.09. The Morgan fingerprint density at radius 3 is 2.77 bits per heavy atom. The Balaban J connectivity index is 3.18. The second-order valence-electron chi connectivity index (χ2n) is 2.72. The Hall–Kier alpha value is -1.75. The highest BCUT2D eigenvalue weighted by molar-refractivity contribution is 6.10. The van der Waals surface area contributed by atoms with Gasteiger partial charge < -0.3 is 5.11 Å². The van der Waals surface area contributed by atoms with Crippen LogP contribution in [0.1, 0.15) is 22.8 Å². The Labute approximate surface area is 77.2 Å². The van der Waals surface area contributed by atoms with Crippen molar-refractivity contribution in [2.24, 2.45) is 0 Å². The summed E-state index contributed by atoms with van der Waals surface area (Å²) in [4.78, 5) is 11.3. The molecule has 2 heteroatoms. The van der Waals surface area contributed by atoms with Gasteiger partial charge in [-0.05, 0) is 31.9 Å². The first-order valence-corrected chi connectivity index (χ1v) is 3.92. The van der Waals surface area contributed by atoms with Crippen molar-refractivity contribution in [3.8, 4) is 17.6 Å². The fourth-order valence-electron chi connectivity index (χ4n) is 1.01. The van der Waals surface area contributed by atoms with Gasteiger partial charge in [-0.25, -0.2) is 0 Å². The highest BCUT2D eigenvalue weighted by Gasteiger charge is 2.07. The van der Waals surface area contributed by atoms with Gasteiger partial charge in [-0.15, -0.1) is 0 Å². The SMILES string of the molecule is CC#CC(=O)c1cc(C)ccc1O. The van der Waals surface area contributed by atoms with Gasteiger partial charge in [-0.1, -0.05) is 17.6 Å². The lowest BCUT2D eigenvalue weighted by atomic mass is 10.1. The maximum Gasteiger partial charge on any atom is 0.239 e. The van der Waals surface area contributed by atoms with E-state index in [0.29, 0.717) is 0 Å². The van der Waals surface area contributed by atoms with Gasteiger partial charge in [0.05, 0.1) is 5.56 Å². The van der Waals surface area contributed by atoms with Crippen LogP contribution in [0.15, 0.2) is 18.2 Å². The van der Waals surface area contributed by atoms with Crippen LogP contribution in [0, 0.1) is 18.8 Å². The maximum absolute atomic E-state index is 11.3. The van der Waals surface area contributed by atoms with Crippen LogP contribution in [-0.4, -0.2) is 10.9 Å². The lowest BCUT2D eigenvalue weighted by molar-refractivity contribution is 0.105. The molecule has 0 atom stereocenters. The average molecular weight is 174 g/mol. The lowest BCUT2D eigenvalue weighted by Gasteiger charge is -1.99. The van der Waals surface area contributed by atoms with E-state index in [1.807, 2.05) is 6.92 Å². The first-order chi connectivity index (χ1) is 6.15. The quantitative estimate of drug-likeness (QED) is 0.401. The predicted molar refractivity (Wildman–Crippen MR) is 50.6 cm³/mol. The van der Waals surface area contributed by atoms with Gasteiger partial charge in [-0.2, -0.15) is 0 Å². The molecule has 0 heterocycles. The van der Waals surface area contributed by atoms with Crippen LogP contribution in [0.4, 0.5) is 0 Å². The summed E-state index contributed by atoms with van der Waals surface area (Å²) in [6.45, 7) is 3.44. The fraction of sp³-hybridized carbons (Fsp3) is 0.182. The molecule has 1 N–H and O–H groups in total. The standard InChI is InChI=1S/C11H10O2/c1-3-4-10(12)9-7-8(2)5-6-11(9)13/h5-7,13H,1-2H3. The second-order valence-corrected chi connectivity index (χ2v) is 2.72. The van der Waals surface area contributed by atoms with Crippen LogP contribution in [0.25, 0.3) is 0 Å². The van der Waals surface area contributed by atoms with Crippen molar-refractivity contribution >= 4 is 5.78 Å². The van der Waals surface area contributed by atoms with E-state index in [4.69, 9.17) is 0 Å². The molecule has 0 unspecified atom stereocenters. The predicted octanol–water partition coefficient (Wildman–Crippen LogP) is 1.91. The summed E-state index contributed by atoms with van der Waals surface area (Å²) in [5, 5.41) is 9.34. The molecule has 0 amide bonds. The zero-order valence-corrected chi connectivity index (χ0v) is 7.59. The molecule has 0 spiro atoms. The first kappa shape index (κ1) is 9.34. The van der Waals surface area contributed by atoms with Crippen molar-refractivity contribution in [3.63, 3.8) is 0 Å². The number of hydrogen-bond donors (Lipinski definition) is 1. The molecule has 0 aliphatic rings. The van der Waals surface area contributed by atoms with Crippen LogP contribution in [0.3, 0.4) is 0 Å².